The highest BCUT2D eigenvalue weighted by Gasteiger charge is 2.21. The lowest BCUT2D eigenvalue weighted by Crippen LogP contribution is -2.40. The summed E-state index contributed by atoms with van der Waals surface area (Å²) in [6, 6.07) is 7.31. The van der Waals surface area contributed by atoms with Crippen molar-refractivity contribution in [2.24, 2.45) is 0 Å². The molecule has 2 fully saturated rings. The molecule has 2 aromatic heterocycles. The first kappa shape index (κ1) is 22.1. The highest BCUT2D eigenvalue weighted by atomic mass is 16.5. The van der Waals surface area contributed by atoms with E-state index in [1.165, 1.54) is 13.3 Å². The number of fused-ring (bicyclic) bond motifs is 1. The van der Waals surface area contributed by atoms with Gasteiger partial charge in [-0.1, -0.05) is 0 Å². The molecule has 2 aliphatic heterocycles. The van der Waals surface area contributed by atoms with Crippen LogP contribution in [0.2, 0.25) is 0 Å². The minimum Gasteiger partial charge on any atom is -0.378 e. The van der Waals surface area contributed by atoms with Gasteiger partial charge >= 0.3 is 0 Å². The van der Waals surface area contributed by atoms with Gasteiger partial charge in [0.05, 0.1) is 19.4 Å². The van der Waals surface area contributed by atoms with E-state index in [1.807, 2.05) is 12.1 Å². The fourth-order valence-corrected chi connectivity index (χ4v) is 4.23. The van der Waals surface area contributed by atoms with Crippen LogP contribution in [0.5, 0.6) is 0 Å². The number of hydrogen-bond donors (Lipinski definition) is 2. The summed E-state index contributed by atoms with van der Waals surface area (Å²) in [4.78, 5) is 37.5. The molecule has 178 valence electrons. The number of imidazole rings is 1. The second-order valence-corrected chi connectivity index (χ2v) is 8.48. The van der Waals surface area contributed by atoms with E-state index in [0.717, 1.165) is 31.6 Å². The predicted octanol–water partition coefficient (Wildman–Crippen LogP) is 2.29. The Kier molecular flexibility index (Phi) is 6.26. The van der Waals surface area contributed by atoms with Crippen molar-refractivity contribution in [3.8, 4) is 0 Å². The number of rotatable bonds is 5. The Hall–Kier alpha value is -3.73. The molecule has 1 aromatic carbocycles. The van der Waals surface area contributed by atoms with Gasteiger partial charge in [-0.15, -0.1) is 5.10 Å². The van der Waals surface area contributed by atoms with Gasteiger partial charge in [-0.25, -0.2) is 4.98 Å². The number of hydrogen-bond acceptors (Lipinski definition) is 8. The molecule has 2 amide bonds. The number of piperidine rings is 1. The quantitative estimate of drug-likeness (QED) is 0.591. The van der Waals surface area contributed by atoms with Crippen LogP contribution >= 0.6 is 0 Å². The number of nitrogens with one attached hydrogen (secondary N) is 2. The Morgan fingerprint density at radius 3 is 2.44 bits per heavy atom. The number of morpholine rings is 1. The normalized spacial score (nSPS) is 16.5. The van der Waals surface area contributed by atoms with Crippen molar-refractivity contribution in [3.63, 3.8) is 0 Å². The zero-order valence-electron chi connectivity index (χ0n) is 19.2. The van der Waals surface area contributed by atoms with Crippen molar-refractivity contribution < 1.29 is 14.3 Å². The molecule has 4 heterocycles. The van der Waals surface area contributed by atoms with Gasteiger partial charge in [-0.2, -0.15) is 9.50 Å². The molecule has 11 nitrogen and oxygen atoms in total. The van der Waals surface area contributed by atoms with Crippen LogP contribution < -0.4 is 15.5 Å². The SMILES string of the molecule is CC(=O)Nc1cnc2c(Nc3ccc(C(=O)N4CCOCC4)cc3)nc(N3CCCCC3)nn12. The zero-order chi connectivity index (χ0) is 23.5. The van der Waals surface area contributed by atoms with Gasteiger partial charge < -0.3 is 25.2 Å². The van der Waals surface area contributed by atoms with Gasteiger partial charge in [0.15, 0.2) is 17.3 Å². The number of nitrogens with zero attached hydrogens (tertiary/aromatic N) is 6. The van der Waals surface area contributed by atoms with E-state index in [1.54, 1.807) is 27.7 Å². The van der Waals surface area contributed by atoms with Gasteiger partial charge in [0.1, 0.15) is 0 Å². The number of ether oxygens (including phenoxy) is 1. The topological polar surface area (TPSA) is 117 Å². The highest BCUT2D eigenvalue weighted by molar-refractivity contribution is 5.94. The Bertz CT molecular complexity index is 1180. The average molecular weight is 465 g/mol. The van der Waals surface area contributed by atoms with Crippen LogP contribution in [-0.4, -0.2) is 75.7 Å². The molecule has 11 heteroatoms. The second kappa shape index (κ2) is 9.64. The lowest BCUT2D eigenvalue weighted by molar-refractivity contribution is -0.114. The summed E-state index contributed by atoms with van der Waals surface area (Å²) in [5.74, 6) is 1.39. The maximum absolute atomic E-state index is 12.7. The smallest absolute Gasteiger partial charge is 0.254 e. The van der Waals surface area contributed by atoms with E-state index in [-0.39, 0.29) is 11.8 Å². The Labute approximate surface area is 197 Å². The standard InChI is InChI=1S/C23H28N8O3/c1-16(32)25-19-15-24-21-20(27-23(28-31(19)21)30-9-3-2-4-10-30)26-18-7-5-17(6-8-18)22(33)29-11-13-34-14-12-29/h5-8,15H,2-4,9-14H2,1H3,(H,25,32)(H,26,27,28). The first-order valence-electron chi connectivity index (χ1n) is 11.6. The third kappa shape index (κ3) is 4.65. The Morgan fingerprint density at radius 2 is 1.74 bits per heavy atom. The summed E-state index contributed by atoms with van der Waals surface area (Å²) in [7, 11) is 0. The van der Waals surface area contributed by atoms with E-state index in [2.05, 4.69) is 25.6 Å². The van der Waals surface area contributed by atoms with Crippen LogP contribution in [-0.2, 0) is 9.53 Å². The number of amides is 2. The summed E-state index contributed by atoms with van der Waals surface area (Å²) < 4.78 is 6.94. The molecule has 2 saturated heterocycles. The molecule has 5 rings (SSSR count). The maximum Gasteiger partial charge on any atom is 0.254 e. The van der Waals surface area contributed by atoms with E-state index in [9.17, 15) is 9.59 Å². The molecule has 2 N–H and O–H groups in total. The molecule has 0 aliphatic carbocycles. The van der Waals surface area contributed by atoms with Gasteiger partial charge in [0.25, 0.3) is 5.91 Å². The number of carbonyl (C=O) groups is 2. The van der Waals surface area contributed by atoms with Crippen LogP contribution in [0, 0.1) is 0 Å². The van der Waals surface area contributed by atoms with Crippen LogP contribution in [0.25, 0.3) is 5.65 Å². The van der Waals surface area contributed by atoms with Crippen LogP contribution in [0.3, 0.4) is 0 Å². The molecular weight excluding hydrogens is 436 g/mol. The van der Waals surface area contributed by atoms with Crippen molar-refractivity contribution >= 4 is 40.7 Å². The molecule has 0 bridgehead atoms. The third-order valence-electron chi connectivity index (χ3n) is 5.99. The molecular formula is C23H28N8O3. The molecule has 0 spiro atoms. The van der Waals surface area contributed by atoms with Gasteiger partial charge in [-0.3, -0.25) is 9.59 Å². The highest BCUT2D eigenvalue weighted by Crippen LogP contribution is 2.25. The molecule has 0 saturated carbocycles. The molecule has 34 heavy (non-hydrogen) atoms. The minimum atomic E-state index is -0.199. The summed E-state index contributed by atoms with van der Waals surface area (Å²) >= 11 is 0. The molecule has 0 unspecified atom stereocenters. The van der Waals surface area contributed by atoms with Crippen molar-refractivity contribution in [1.82, 2.24) is 24.5 Å². The fourth-order valence-electron chi connectivity index (χ4n) is 4.23. The van der Waals surface area contributed by atoms with E-state index >= 15 is 0 Å². The van der Waals surface area contributed by atoms with Crippen molar-refractivity contribution in [2.45, 2.75) is 26.2 Å². The molecule has 0 radical (unpaired) electrons. The number of benzene rings is 1. The monoisotopic (exact) mass is 464 g/mol. The minimum absolute atomic E-state index is 0.000123. The largest absolute Gasteiger partial charge is 0.378 e. The summed E-state index contributed by atoms with van der Waals surface area (Å²) in [6.07, 6.45) is 4.94. The number of carbonyl (C=O) groups excluding carboxylic acids is 2. The van der Waals surface area contributed by atoms with Crippen LogP contribution in [0.15, 0.2) is 30.5 Å². The summed E-state index contributed by atoms with van der Waals surface area (Å²) in [6.45, 7) is 5.56. The van der Waals surface area contributed by atoms with E-state index in [0.29, 0.717) is 55.1 Å². The lowest BCUT2D eigenvalue weighted by Gasteiger charge is -2.27. The Balaban J connectivity index is 1.43. The van der Waals surface area contributed by atoms with Gasteiger partial charge in [0.2, 0.25) is 11.9 Å². The van der Waals surface area contributed by atoms with Gasteiger partial charge in [-0.05, 0) is 43.5 Å². The van der Waals surface area contributed by atoms with Crippen molar-refractivity contribution in [1.29, 1.82) is 0 Å². The number of aromatic nitrogens is 4. The summed E-state index contributed by atoms with van der Waals surface area (Å²) in [5.41, 5.74) is 1.90. The van der Waals surface area contributed by atoms with Crippen molar-refractivity contribution in [2.75, 3.05) is 54.9 Å². The predicted molar refractivity (Wildman–Crippen MR) is 128 cm³/mol. The van der Waals surface area contributed by atoms with Crippen LogP contribution in [0.4, 0.5) is 23.3 Å². The van der Waals surface area contributed by atoms with Crippen LogP contribution in [0.1, 0.15) is 36.5 Å². The number of anilines is 4. The first-order valence-corrected chi connectivity index (χ1v) is 11.6. The Morgan fingerprint density at radius 1 is 1.00 bits per heavy atom. The van der Waals surface area contributed by atoms with E-state index in [4.69, 9.17) is 9.72 Å². The zero-order valence-corrected chi connectivity index (χ0v) is 19.2. The lowest BCUT2D eigenvalue weighted by atomic mass is 10.1. The molecule has 3 aromatic rings. The molecule has 2 aliphatic rings. The third-order valence-corrected chi connectivity index (χ3v) is 5.99. The average Bonchev–Trinajstić information content (AvgIpc) is 3.27. The molecule has 0 atom stereocenters. The van der Waals surface area contributed by atoms with E-state index < -0.39 is 0 Å². The fraction of sp³-hybridized carbons (Fsp3) is 0.435. The van der Waals surface area contributed by atoms with Crippen molar-refractivity contribution in [3.05, 3.63) is 36.0 Å². The summed E-state index contributed by atoms with van der Waals surface area (Å²) in [5, 5.41) is 10.8. The maximum atomic E-state index is 12.7. The first-order chi connectivity index (χ1) is 16.6. The second-order valence-electron chi connectivity index (χ2n) is 8.48. The van der Waals surface area contributed by atoms with Gasteiger partial charge in [0, 0.05) is 44.4 Å².